The Hall–Kier alpha value is -2.74. The van der Waals surface area contributed by atoms with Gasteiger partial charge >= 0.3 is 17.9 Å². The normalized spacial score (nSPS) is 26.1. The number of carbonyl (C=O) groups is 4. The summed E-state index contributed by atoms with van der Waals surface area (Å²) < 4.78 is 4.12. The zero-order valence-corrected chi connectivity index (χ0v) is 21.6. The summed E-state index contributed by atoms with van der Waals surface area (Å²) in [5, 5.41) is 26.1. The number of esters is 1. The van der Waals surface area contributed by atoms with Crippen LogP contribution in [0.15, 0.2) is 36.0 Å². The minimum atomic E-state index is -2.61. The topological polar surface area (TPSA) is 138 Å². The fraction of sp³-hybridized carbons (Fsp3) is 0.630. The molecule has 4 atom stereocenters. The molecule has 0 spiro atoms. The maximum absolute atomic E-state index is 11.2. The number of ether oxygens (including phenoxy) is 1. The number of ketones is 1. The second-order valence-electron chi connectivity index (χ2n) is 10.3. The lowest BCUT2D eigenvalue weighted by Crippen LogP contribution is -2.42. The first-order valence-electron chi connectivity index (χ1n) is 11.9. The molecule has 2 saturated carbocycles. The van der Waals surface area contributed by atoms with Gasteiger partial charge in [0.15, 0.2) is 11.4 Å². The molecule has 0 aromatic carbocycles. The third-order valence-electron chi connectivity index (χ3n) is 7.46. The van der Waals surface area contributed by atoms with E-state index < -0.39 is 36.4 Å². The Bertz CT molecular complexity index is 899. The number of Topliss-reactive ketones (excluding diaryl/α,β-unsaturated/α-hetero) is 1. The van der Waals surface area contributed by atoms with Crippen molar-refractivity contribution in [1.82, 2.24) is 0 Å². The Morgan fingerprint density at radius 3 is 2.17 bits per heavy atom. The molecule has 3 aliphatic rings. The number of hydrogen-bond acceptors (Lipinski definition) is 6. The lowest BCUT2D eigenvalue weighted by Gasteiger charge is -2.19. The van der Waals surface area contributed by atoms with Gasteiger partial charge in [-0.3, -0.25) is 14.4 Å². The van der Waals surface area contributed by atoms with Crippen LogP contribution in [0.5, 0.6) is 0 Å². The molecule has 0 aromatic heterocycles. The molecule has 0 radical (unpaired) electrons. The summed E-state index contributed by atoms with van der Waals surface area (Å²) in [5.41, 5.74) is 1.70. The molecule has 0 saturated heterocycles. The van der Waals surface area contributed by atoms with Crippen LogP contribution in [-0.2, 0) is 23.9 Å². The lowest BCUT2D eigenvalue weighted by molar-refractivity contribution is -0.171. The van der Waals surface area contributed by atoms with E-state index in [1.165, 1.54) is 24.8 Å². The highest BCUT2D eigenvalue weighted by atomic mass is 16.5. The quantitative estimate of drug-likeness (QED) is 0.353. The predicted molar refractivity (Wildman–Crippen MR) is 132 cm³/mol. The fourth-order valence-corrected chi connectivity index (χ4v) is 4.69. The lowest BCUT2D eigenvalue weighted by atomic mass is 9.85. The van der Waals surface area contributed by atoms with E-state index in [0.29, 0.717) is 12.3 Å². The number of fused-ring (bicyclic) bond motifs is 1. The Labute approximate surface area is 207 Å². The number of carboxylic acid groups (broad SMARTS) is 2. The molecule has 35 heavy (non-hydrogen) atoms. The first kappa shape index (κ1) is 30.3. The smallest absolute Gasteiger partial charge is 0.336 e. The highest BCUT2D eigenvalue weighted by molar-refractivity contribution is 5.95. The van der Waals surface area contributed by atoms with Crippen molar-refractivity contribution in [3.8, 4) is 0 Å². The average molecular weight is 493 g/mol. The minimum absolute atomic E-state index is 0.282. The Kier molecular flexibility index (Phi) is 10.6. The predicted octanol–water partition coefficient (Wildman–Crippen LogP) is 4.33. The molecule has 0 heterocycles. The Morgan fingerprint density at radius 1 is 1.26 bits per heavy atom. The van der Waals surface area contributed by atoms with Crippen LogP contribution in [-0.4, -0.2) is 51.7 Å². The van der Waals surface area contributed by atoms with Gasteiger partial charge in [0, 0.05) is 6.42 Å². The van der Waals surface area contributed by atoms with Gasteiger partial charge in [0.2, 0.25) is 0 Å². The van der Waals surface area contributed by atoms with Gasteiger partial charge in [-0.05, 0) is 68.3 Å². The van der Waals surface area contributed by atoms with Crippen molar-refractivity contribution >= 4 is 23.7 Å². The maximum Gasteiger partial charge on any atom is 0.336 e. The molecule has 4 unspecified atom stereocenters. The molecule has 0 aromatic rings. The maximum atomic E-state index is 11.2. The van der Waals surface area contributed by atoms with Crippen LogP contribution >= 0.6 is 0 Å². The van der Waals surface area contributed by atoms with E-state index in [-0.39, 0.29) is 5.78 Å². The summed E-state index contributed by atoms with van der Waals surface area (Å²) in [6, 6.07) is 0. The standard InChI is InChI=1S/C10H14O.C10H16.C7H10O7/c1-7(2)9-5-4-8(3)10(11)6-9;1-7(2)10-5-4-8(3)9(10)6-10;1-14-5(10)3-7(13,6(11)12)2-4(8)9/h4,9H,1,5-6H2,2-3H3;7,9H,3-6H2,1-2H3;13H,2-3H2,1H3,(H,8,9)(H,11,12). The second kappa shape index (κ2) is 12.3. The van der Waals surface area contributed by atoms with Gasteiger partial charge in [-0.1, -0.05) is 44.2 Å². The van der Waals surface area contributed by atoms with Gasteiger partial charge in [-0.25, -0.2) is 4.79 Å². The first-order valence-corrected chi connectivity index (χ1v) is 11.9. The summed E-state index contributed by atoms with van der Waals surface area (Å²) in [7, 11) is 1.01. The molecule has 196 valence electrons. The van der Waals surface area contributed by atoms with E-state index in [1.807, 2.05) is 19.9 Å². The van der Waals surface area contributed by atoms with Gasteiger partial charge in [0.25, 0.3) is 0 Å². The molecule has 0 amide bonds. The molecular formula is C27H40O8. The van der Waals surface area contributed by atoms with Crippen molar-refractivity contribution in [2.24, 2.45) is 23.2 Å². The average Bonchev–Trinajstić information content (AvgIpc) is 3.42. The van der Waals surface area contributed by atoms with E-state index in [4.69, 9.17) is 10.2 Å². The van der Waals surface area contributed by atoms with Crippen molar-refractivity contribution in [3.63, 3.8) is 0 Å². The van der Waals surface area contributed by atoms with Gasteiger partial charge < -0.3 is 20.1 Å². The number of carbonyl (C=O) groups excluding carboxylic acids is 2. The van der Waals surface area contributed by atoms with Crippen LogP contribution in [0, 0.1) is 23.2 Å². The molecule has 0 aliphatic heterocycles. The number of aliphatic hydroxyl groups is 1. The number of allylic oxidation sites excluding steroid dienone is 4. The third-order valence-corrected chi connectivity index (χ3v) is 7.46. The zero-order chi connectivity index (χ0) is 27.1. The Morgan fingerprint density at radius 2 is 1.86 bits per heavy atom. The van der Waals surface area contributed by atoms with Crippen LogP contribution in [0.2, 0.25) is 0 Å². The van der Waals surface area contributed by atoms with E-state index in [9.17, 15) is 24.3 Å². The van der Waals surface area contributed by atoms with Crippen molar-refractivity contribution in [2.75, 3.05) is 7.11 Å². The number of carboxylic acids is 2. The molecular weight excluding hydrogens is 452 g/mol. The SMILES string of the molecule is C=C(C)C1CC=C(C)C(=O)C1.C=C1CCC2(C(C)C)CC12.COC(=O)CC(O)(CC(=O)O)C(=O)O. The number of hydrogen-bond donors (Lipinski definition) is 3. The van der Waals surface area contributed by atoms with Crippen LogP contribution in [0.4, 0.5) is 0 Å². The zero-order valence-electron chi connectivity index (χ0n) is 21.6. The molecule has 3 rings (SSSR count). The van der Waals surface area contributed by atoms with E-state index in [0.717, 1.165) is 41.9 Å². The van der Waals surface area contributed by atoms with Crippen molar-refractivity contribution in [1.29, 1.82) is 0 Å². The van der Waals surface area contributed by atoms with Crippen molar-refractivity contribution < 1.29 is 39.2 Å². The molecule has 2 fully saturated rings. The highest BCUT2D eigenvalue weighted by Gasteiger charge is 2.59. The molecule has 3 N–H and O–H groups in total. The summed E-state index contributed by atoms with van der Waals surface area (Å²) in [4.78, 5) is 42.6. The van der Waals surface area contributed by atoms with E-state index >= 15 is 0 Å². The molecule has 3 aliphatic carbocycles. The minimum Gasteiger partial charge on any atom is -0.481 e. The summed E-state index contributed by atoms with van der Waals surface area (Å²) in [5.74, 6) is -1.79. The summed E-state index contributed by atoms with van der Waals surface area (Å²) >= 11 is 0. The summed E-state index contributed by atoms with van der Waals surface area (Å²) in [6.45, 7) is 16.6. The Balaban J connectivity index is 0.000000266. The van der Waals surface area contributed by atoms with E-state index in [1.54, 1.807) is 0 Å². The fourth-order valence-electron chi connectivity index (χ4n) is 4.69. The monoisotopic (exact) mass is 492 g/mol. The van der Waals surface area contributed by atoms with E-state index in [2.05, 4.69) is 31.7 Å². The first-order chi connectivity index (χ1) is 16.1. The van der Waals surface area contributed by atoms with Gasteiger partial charge in [0.05, 0.1) is 20.0 Å². The molecule has 8 nitrogen and oxygen atoms in total. The van der Waals surface area contributed by atoms with Gasteiger partial charge in [0.1, 0.15) is 0 Å². The van der Waals surface area contributed by atoms with Crippen molar-refractivity contribution in [3.05, 3.63) is 36.0 Å². The van der Waals surface area contributed by atoms with Crippen LogP contribution in [0.3, 0.4) is 0 Å². The second-order valence-corrected chi connectivity index (χ2v) is 10.3. The summed E-state index contributed by atoms with van der Waals surface area (Å²) in [6.07, 6.45) is 5.90. The third kappa shape index (κ3) is 8.16. The van der Waals surface area contributed by atoms with Gasteiger partial charge in [-0.2, -0.15) is 0 Å². The number of rotatable bonds is 7. The molecule has 0 bridgehead atoms. The number of aliphatic carboxylic acids is 2. The largest absolute Gasteiger partial charge is 0.481 e. The van der Waals surface area contributed by atoms with Crippen LogP contribution in [0.25, 0.3) is 0 Å². The van der Waals surface area contributed by atoms with Gasteiger partial charge in [-0.15, -0.1) is 0 Å². The van der Waals surface area contributed by atoms with Crippen LogP contribution < -0.4 is 0 Å². The highest BCUT2D eigenvalue weighted by Crippen LogP contribution is 2.69. The molecule has 8 heteroatoms. The van der Waals surface area contributed by atoms with Crippen molar-refractivity contribution in [2.45, 2.75) is 78.2 Å². The van der Waals surface area contributed by atoms with Crippen LogP contribution in [0.1, 0.15) is 72.6 Å². The number of methoxy groups -OCH3 is 1.